The number of ether oxygens (including phenoxy) is 1. The van der Waals surface area contributed by atoms with Gasteiger partial charge in [-0.1, -0.05) is 114 Å². The third-order valence-electron chi connectivity index (χ3n) is 10.6. The van der Waals surface area contributed by atoms with Gasteiger partial charge in [-0.2, -0.15) is 0 Å². The summed E-state index contributed by atoms with van der Waals surface area (Å²) in [7, 11) is 0. The van der Waals surface area contributed by atoms with Gasteiger partial charge in [-0.15, -0.1) is 0 Å². The summed E-state index contributed by atoms with van der Waals surface area (Å²) in [6.45, 7) is 11.4. The van der Waals surface area contributed by atoms with Gasteiger partial charge in [0.2, 0.25) is 0 Å². The average molecular weight is 741 g/mol. The van der Waals surface area contributed by atoms with E-state index in [1.807, 2.05) is 65.2 Å². The first-order chi connectivity index (χ1) is 30.2. The van der Waals surface area contributed by atoms with Crippen LogP contribution in [0.1, 0.15) is 69.2 Å². The Labute approximate surface area is 341 Å². The van der Waals surface area contributed by atoms with Crippen LogP contribution in [0, 0.1) is 6.85 Å². The number of aryl methyl sites for hydroxylation is 1. The van der Waals surface area contributed by atoms with Crippen molar-refractivity contribution in [2.45, 2.75) is 59.2 Å². The predicted molar refractivity (Wildman–Crippen MR) is 235 cm³/mol. The highest BCUT2D eigenvalue weighted by atomic mass is 16.5. The van der Waals surface area contributed by atoms with Crippen LogP contribution in [0.3, 0.4) is 0 Å². The van der Waals surface area contributed by atoms with Gasteiger partial charge in [0, 0.05) is 50.2 Å². The zero-order valence-corrected chi connectivity index (χ0v) is 32.5. The summed E-state index contributed by atoms with van der Waals surface area (Å²) in [6, 6.07) is 35.8. The van der Waals surface area contributed by atoms with Crippen LogP contribution >= 0.6 is 0 Å². The van der Waals surface area contributed by atoms with Crippen molar-refractivity contribution in [1.29, 1.82) is 0 Å². The molecule has 8 aromatic rings. The molecule has 0 spiro atoms. The van der Waals surface area contributed by atoms with Gasteiger partial charge < -0.3 is 14.5 Å². The Bertz CT molecular complexity index is 3100. The van der Waals surface area contributed by atoms with E-state index in [1.54, 1.807) is 0 Å². The summed E-state index contributed by atoms with van der Waals surface area (Å²) in [5.74, 6) is 1.47. The van der Waals surface area contributed by atoms with Crippen LogP contribution in [-0.4, -0.2) is 16.2 Å². The fourth-order valence-corrected chi connectivity index (χ4v) is 7.55. The van der Waals surface area contributed by atoms with Crippen molar-refractivity contribution in [2.75, 3.05) is 16.5 Å². The van der Waals surface area contributed by atoms with Crippen LogP contribution < -0.4 is 14.5 Å². The van der Waals surface area contributed by atoms with Crippen molar-refractivity contribution in [3.05, 3.63) is 168 Å². The van der Waals surface area contributed by atoms with Crippen molar-refractivity contribution < 1.29 is 15.7 Å². The highest BCUT2D eigenvalue weighted by Gasteiger charge is 2.30. The van der Waals surface area contributed by atoms with Crippen molar-refractivity contribution in [2.24, 2.45) is 0 Å². The van der Waals surface area contributed by atoms with Gasteiger partial charge in [-0.25, -0.2) is 4.98 Å². The van der Waals surface area contributed by atoms with Crippen molar-refractivity contribution >= 4 is 44.6 Å². The summed E-state index contributed by atoms with van der Waals surface area (Å²) >= 11 is 0. The first-order valence-corrected chi connectivity index (χ1v) is 18.9. The Morgan fingerprint density at radius 2 is 1.29 bits per heavy atom. The molecule has 2 aromatic heterocycles. The summed E-state index contributed by atoms with van der Waals surface area (Å²) in [5, 5.41) is 1.81. The minimum absolute atomic E-state index is 0.0305. The molecule has 6 aromatic carbocycles. The number of aromatic nitrogens is 2. The molecule has 1 aliphatic rings. The molecule has 5 nitrogen and oxygen atoms in total. The topological polar surface area (TPSA) is 33.5 Å². The van der Waals surface area contributed by atoms with E-state index in [1.165, 1.54) is 23.4 Å². The number of benzene rings is 6. The lowest BCUT2D eigenvalue weighted by molar-refractivity contribution is 0.483. The summed E-state index contributed by atoms with van der Waals surface area (Å²) < 4.78 is 75.7. The van der Waals surface area contributed by atoms with Gasteiger partial charge >= 0.3 is 0 Å². The molecule has 1 aliphatic heterocycles. The Balaban J connectivity index is 1.10. The van der Waals surface area contributed by atoms with Crippen LogP contribution in [0.4, 0.5) is 22.7 Å². The fraction of sp³-hybridized carbons (Fsp3) is 0.196. The molecule has 9 rings (SSSR count). The van der Waals surface area contributed by atoms with Crippen molar-refractivity contribution in [3.63, 3.8) is 0 Å². The standard InChI is InChI=1S/C51H48N4O/c1-34-26-49(52-32-44(34)35-16-9-8-10-17-35)55-45-21-12-11-20-42(45)43-25-24-41(31-48(43)55)56-40-19-15-18-38(30-40)53-33-54(47-23-14-13-22-46(47)53)39-28-36(50(2,3)4)27-37(29-39)51(5,6)7/h8-32H,33H2,1-7H3/i1D3,8D,9D,10D,16D,17D. The molecule has 3 heterocycles. The molecule has 0 aliphatic carbocycles. The predicted octanol–water partition coefficient (Wildman–Crippen LogP) is 13.8. The van der Waals surface area contributed by atoms with Gasteiger partial charge in [0.25, 0.3) is 0 Å². The zero-order valence-electron chi connectivity index (χ0n) is 40.5. The lowest BCUT2D eigenvalue weighted by Gasteiger charge is -2.29. The lowest BCUT2D eigenvalue weighted by Crippen LogP contribution is -2.25. The van der Waals surface area contributed by atoms with Crippen LogP contribution in [0.2, 0.25) is 0 Å². The van der Waals surface area contributed by atoms with Gasteiger partial charge in [-0.05, 0) is 101 Å². The van der Waals surface area contributed by atoms with E-state index >= 15 is 0 Å². The van der Waals surface area contributed by atoms with Gasteiger partial charge in [0.1, 0.15) is 24.0 Å². The first kappa shape index (κ1) is 27.3. The molecule has 5 heteroatoms. The number of rotatable bonds is 6. The van der Waals surface area contributed by atoms with Gasteiger partial charge in [0.05, 0.1) is 29.3 Å². The maximum Gasteiger partial charge on any atom is 0.137 e. The molecular weight excluding hydrogens is 685 g/mol. The number of hydrogen-bond acceptors (Lipinski definition) is 4. The second-order valence-electron chi connectivity index (χ2n) is 16.5. The van der Waals surface area contributed by atoms with Crippen molar-refractivity contribution in [3.8, 4) is 28.4 Å². The van der Waals surface area contributed by atoms with E-state index in [2.05, 4.69) is 99.9 Å². The second kappa shape index (κ2) is 13.5. The first-order valence-electron chi connectivity index (χ1n) is 22.9. The normalized spacial score (nSPS) is 15.4. The monoisotopic (exact) mass is 740 g/mol. The number of anilines is 4. The minimum Gasteiger partial charge on any atom is -0.457 e. The molecule has 56 heavy (non-hydrogen) atoms. The highest BCUT2D eigenvalue weighted by Crippen LogP contribution is 2.46. The average Bonchev–Trinajstić information content (AvgIpc) is 3.80. The fourth-order valence-electron chi connectivity index (χ4n) is 7.55. The van der Waals surface area contributed by atoms with E-state index in [9.17, 15) is 0 Å². The highest BCUT2D eigenvalue weighted by molar-refractivity contribution is 6.09. The maximum atomic E-state index is 8.58. The quantitative estimate of drug-likeness (QED) is 0.170. The molecule has 0 radical (unpaired) electrons. The largest absolute Gasteiger partial charge is 0.457 e. The number of para-hydroxylation sites is 3. The van der Waals surface area contributed by atoms with Crippen LogP contribution in [0.25, 0.3) is 38.8 Å². The molecule has 0 bridgehead atoms. The molecule has 0 atom stereocenters. The molecule has 278 valence electrons. The Morgan fingerprint density at radius 1 is 0.625 bits per heavy atom. The van der Waals surface area contributed by atoms with Crippen LogP contribution in [0.15, 0.2) is 152 Å². The second-order valence-corrected chi connectivity index (χ2v) is 16.5. The Morgan fingerprint density at radius 3 is 2.00 bits per heavy atom. The summed E-state index contributed by atoms with van der Waals surface area (Å²) in [4.78, 5) is 9.39. The van der Waals surface area contributed by atoms with Crippen molar-refractivity contribution in [1.82, 2.24) is 9.55 Å². The Kier molecular flexibility index (Phi) is 6.55. The Hall–Kier alpha value is -6.33. The number of fused-ring (bicyclic) bond motifs is 4. The third-order valence-corrected chi connectivity index (χ3v) is 10.6. The van der Waals surface area contributed by atoms with E-state index in [-0.39, 0.29) is 33.3 Å². The SMILES string of the molecule is [2H]c1c([2H])c([2H])c(-c2cnc(-n3c4ccccc4c4ccc(Oc5cccc(N6CN(c7cc(C(C)(C)C)cc(C(C)(C)C)c7)c7ccccc76)c5)cc43)cc2C([2H])([2H])[2H])c([2H])c1[2H]. The molecule has 0 unspecified atom stereocenters. The number of pyridine rings is 1. The lowest BCUT2D eigenvalue weighted by atomic mass is 9.80. The minimum atomic E-state index is -2.72. The molecule has 0 amide bonds. The number of nitrogens with zero attached hydrogens (tertiary/aromatic N) is 4. The van der Waals surface area contributed by atoms with E-state index in [0.29, 0.717) is 23.7 Å². The van der Waals surface area contributed by atoms with E-state index < -0.39 is 37.1 Å². The van der Waals surface area contributed by atoms with Gasteiger partial charge in [-0.3, -0.25) is 4.57 Å². The zero-order chi connectivity index (χ0) is 45.6. The van der Waals surface area contributed by atoms with Gasteiger partial charge in [0.15, 0.2) is 0 Å². The molecule has 0 saturated carbocycles. The summed E-state index contributed by atoms with van der Waals surface area (Å²) in [5.41, 5.74) is 7.86. The van der Waals surface area contributed by atoms with Crippen LogP contribution in [-0.2, 0) is 10.8 Å². The number of hydrogen-bond donors (Lipinski definition) is 0. The molecule has 0 saturated heterocycles. The molecule has 0 N–H and O–H groups in total. The molecular formula is C51H48N4O. The third kappa shape index (κ3) is 6.37. The summed E-state index contributed by atoms with van der Waals surface area (Å²) in [6.07, 6.45) is 1.29. The van der Waals surface area contributed by atoms with Crippen LogP contribution in [0.5, 0.6) is 11.5 Å². The maximum absolute atomic E-state index is 8.58. The smallest absolute Gasteiger partial charge is 0.137 e. The molecule has 0 fully saturated rings. The van der Waals surface area contributed by atoms with E-state index in [0.717, 1.165) is 39.0 Å². The van der Waals surface area contributed by atoms with E-state index in [4.69, 9.17) is 20.7 Å².